The van der Waals surface area contributed by atoms with E-state index in [9.17, 15) is 31.5 Å². The minimum absolute atomic E-state index is 0.0473. The van der Waals surface area contributed by atoms with Gasteiger partial charge in [-0.15, -0.1) is 0 Å². The number of likely N-dealkylation sites (N-methyl/N-ethyl adjacent to an activating group) is 1. The Kier molecular flexibility index (Phi) is 6.95. The number of nitrogens with zero attached hydrogens (tertiary/aromatic N) is 1. The molecule has 190 valence electrons. The summed E-state index contributed by atoms with van der Waals surface area (Å²) in [5.41, 5.74) is -1.38. The molecule has 0 aromatic heterocycles. The molecule has 4 atom stereocenters. The van der Waals surface area contributed by atoms with Crippen LogP contribution >= 0.6 is 11.6 Å². The van der Waals surface area contributed by atoms with E-state index in [0.717, 1.165) is 6.07 Å². The lowest BCUT2D eigenvalue weighted by Crippen LogP contribution is -2.50. The van der Waals surface area contributed by atoms with E-state index in [0.29, 0.717) is 44.4 Å². The van der Waals surface area contributed by atoms with Crippen molar-refractivity contribution in [2.45, 2.75) is 41.4 Å². The highest BCUT2D eigenvalue weighted by atomic mass is 35.5. The molecular formula is C24H26ClF3N2O4S. The number of halogens is 4. The Labute approximate surface area is 207 Å². The lowest BCUT2D eigenvalue weighted by molar-refractivity contribution is -0.0363. The normalized spacial score (nSPS) is 26.2. The largest absolute Gasteiger partial charge is 0.389 e. The zero-order chi connectivity index (χ0) is 25.7. The maximum Gasteiger partial charge on any atom is 0.255 e. The van der Waals surface area contributed by atoms with E-state index in [1.807, 2.05) is 19.0 Å². The van der Waals surface area contributed by atoms with E-state index in [1.165, 1.54) is 12.1 Å². The number of nitrogens with one attached hydrogen (secondary N) is 1. The fourth-order valence-electron chi connectivity index (χ4n) is 5.70. The van der Waals surface area contributed by atoms with Gasteiger partial charge in [0.15, 0.2) is 27.3 Å². The first-order chi connectivity index (χ1) is 16.3. The van der Waals surface area contributed by atoms with Crippen molar-refractivity contribution in [3.8, 4) is 0 Å². The Bertz CT molecular complexity index is 1230. The number of amides is 1. The number of carbonyl (C=O) groups excluding carboxylic acids is 1. The Hall–Kier alpha value is -2.14. The zero-order valence-electron chi connectivity index (χ0n) is 19.2. The van der Waals surface area contributed by atoms with Gasteiger partial charge in [0, 0.05) is 29.9 Å². The van der Waals surface area contributed by atoms with Crippen LogP contribution in [0.1, 0.15) is 36.0 Å². The van der Waals surface area contributed by atoms with Crippen molar-refractivity contribution in [3.05, 3.63) is 58.4 Å². The van der Waals surface area contributed by atoms with E-state index in [1.54, 1.807) is 0 Å². The number of sulfone groups is 1. The average Bonchev–Trinajstić information content (AvgIpc) is 3.04. The maximum atomic E-state index is 13.7. The first-order valence-corrected chi connectivity index (χ1v) is 13.1. The zero-order valence-corrected chi connectivity index (χ0v) is 20.8. The molecule has 1 amide bonds. The summed E-state index contributed by atoms with van der Waals surface area (Å²) in [7, 11) is -0.252. The minimum atomic E-state index is -3.96. The predicted molar refractivity (Wildman–Crippen MR) is 126 cm³/mol. The van der Waals surface area contributed by atoms with Gasteiger partial charge in [0.2, 0.25) is 0 Å². The molecule has 2 aliphatic rings. The van der Waals surface area contributed by atoms with Gasteiger partial charge in [0.1, 0.15) is 0 Å². The van der Waals surface area contributed by atoms with E-state index in [2.05, 4.69) is 5.32 Å². The number of hydrogen-bond acceptors (Lipinski definition) is 5. The summed E-state index contributed by atoms with van der Waals surface area (Å²) in [6.07, 6.45) is 2.05. The molecule has 2 aromatic rings. The summed E-state index contributed by atoms with van der Waals surface area (Å²) in [4.78, 5) is 14.4. The molecule has 0 radical (unpaired) electrons. The van der Waals surface area contributed by atoms with E-state index in [4.69, 9.17) is 11.6 Å². The van der Waals surface area contributed by atoms with Crippen molar-refractivity contribution in [2.24, 2.45) is 11.8 Å². The Morgan fingerprint density at radius 2 is 1.69 bits per heavy atom. The van der Waals surface area contributed by atoms with Gasteiger partial charge in [-0.1, -0.05) is 11.6 Å². The van der Waals surface area contributed by atoms with Gasteiger partial charge in [-0.2, -0.15) is 0 Å². The van der Waals surface area contributed by atoms with Crippen LogP contribution in [0.2, 0.25) is 5.02 Å². The van der Waals surface area contributed by atoms with Crippen molar-refractivity contribution in [1.29, 1.82) is 0 Å². The van der Waals surface area contributed by atoms with Crippen LogP contribution in [0.5, 0.6) is 0 Å². The standard InChI is InChI=1S/C24H26ClF3N2O4S/c1-30(2)12-24(32)10-14-3-4-15(11-24)22(14)35(33,34)20-7-13(5-6-17(20)25)23(31)29-16-8-18(26)21(28)19(27)9-16/h5-9,14-15,22,32H,3-4,10-12H2,1-2H3,(H,29,31)/t14-,15?,22?,24?/m1/s1. The van der Waals surface area contributed by atoms with Crippen molar-refractivity contribution in [3.63, 3.8) is 0 Å². The molecule has 0 aliphatic heterocycles. The lowest BCUT2D eigenvalue weighted by Gasteiger charge is -2.42. The summed E-state index contributed by atoms with van der Waals surface area (Å²) in [6, 6.07) is 4.96. The van der Waals surface area contributed by atoms with Crippen LogP contribution in [0.4, 0.5) is 18.9 Å². The van der Waals surface area contributed by atoms with E-state index >= 15 is 0 Å². The molecule has 2 saturated carbocycles. The van der Waals surface area contributed by atoms with Crippen LogP contribution in [0.15, 0.2) is 35.2 Å². The summed E-state index contributed by atoms with van der Waals surface area (Å²) in [6.45, 7) is 0.438. The van der Waals surface area contributed by atoms with E-state index < -0.39 is 44.0 Å². The quantitative estimate of drug-likeness (QED) is 0.545. The predicted octanol–water partition coefficient (Wildman–Crippen LogP) is 4.26. The molecule has 35 heavy (non-hydrogen) atoms. The summed E-state index contributed by atoms with van der Waals surface area (Å²) in [5, 5.41) is 12.5. The van der Waals surface area contributed by atoms with Crippen LogP contribution in [-0.4, -0.2) is 55.8 Å². The Balaban J connectivity index is 1.61. The van der Waals surface area contributed by atoms with E-state index in [-0.39, 0.29) is 33.0 Å². The molecule has 2 bridgehead atoms. The third-order valence-electron chi connectivity index (χ3n) is 6.83. The molecule has 6 nitrogen and oxygen atoms in total. The van der Waals surface area contributed by atoms with Gasteiger partial charge in [-0.05, 0) is 69.8 Å². The SMILES string of the molecule is CN(C)CC1(O)CC2CC[C@H](C1)C2S(=O)(=O)c1cc(C(=O)Nc2cc(F)c(F)c(F)c2)ccc1Cl. The second-order valence-electron chi connectivity index (χ2n) is 9.83. The highest BCUT2D eigenvalue weighted by molar-refractivity contribution is 7.92. The molecule has 4 rings (SSSR count). The number of carbonyl (C=O) groups is 1. The van der Waals surface area contributed by atoms with Gasteiger partial charge in [-0.3, -0.25) is 4.79 Å². The van der Waals surface area contributed by atoms with Crippen LogP contribution in [-0.2, 0) is 9.84 Å². The van der Waals surface area contributed by atoms with Gasteiger partial charge < -0.3 is 15.3 Å². The van der Waals surface area contributed by atoms with Crippen LogP contribution < -0.4 is 5.32 Å². The molecule has 3 unspecified atom stereocenters. The van der Waals surface area contributed by atoms with Gasteiger partial charge >= 0.3 is 0 Å². The summed E-state index contributed by atoms with van der Waals surface area (Å²) in [5.74, 6) is -5.94. The number of fused-ring (bicyclic) bond motifs is 2. The van der Waals surface area contributed by atoms with Crippen LogP contribution in [0.25, 0.3) is 0 Å². The fraction of sp³-hybridized carbons (Fsp3) is 0.458. The Morgan fingerprint density at radius 3 is 2.23 bits per heavy atom. The summed E-state index contributed by atoms with van der Waals surface area (Å²) >= 11 is 6.26. The minimum Gasteiger partial charge on any atom is -0.389 e. The first-order valence-electron chi connectivity index (χ1n) is 11.2. The molecular weight excluding hydrogens is 505 g/mol. The smallest absolute Gasteiger partial charge is 0.255 e. The van der Waals surface area contributed by atoms with Crippen molar-refractivity contribution in [2.75, 3.05) is 26.0 Å². The fourth-order valence-corrected chi connectivity index (χ4v) is 8.54. The Morgan fingerprint density at radius 1 is 1.11 bits per heavy atom. The number of anilines is 1. The number of hydrogen-bond donors (Lipinski definition) is 2. The third-order valence-corrected chi connectivity index (χ3v) is 9.71. The number of rotatable bonds is 6. The van der Waals surface area contributed by atoms with Crippen LogP contribution in [0.3, 0.4) is 0 Å². The second-order valence-corrected chi connectivity index (χ2v) is 12.3. The number of benzene rings is 2. The molecule has 0 heterocycles. The van der Waals surface area contributed by atoms with Gasteiger partial charge in [0.25, 0.3) is 5.91 Å². The molecule has 0 saturated heterocycles. The summed E-state index contributed by atoms with van der Waals surface area (Å²) < 4.78 is 67.6. The topological polar surface area (TPSA) is 86.7 Å². The molecule has 11 heteroatoms. The molecule has 2 fully saturated rings. The highest BCUT2D eigenvalue weighted by Gasteiger charge is 2.54. The lowest BCUT2D eigenvalue weighted by atomic mass is 9.77. The molecule has 0 spiro atoms. The van der Waals surface area contributed by atoms with Gasteiger partial charge in [-0.25, -0.2) is 21.6 Å². The molecule has 2 aromatic carbocycles. The van der Waals surface area contributed by atoms with Crippen molar-refractivity contribution in [1.82, 2.24) is 4.90 Å². The second kappa shape index (κ2) is 9.38. The monoisotopic (exact) mass is 530 g/mol. The van der Waals surface area contributed by atoms with Crippen molar-refractivity contribution >= 4 is 33.0 Å². The van der Waals surface area contributed by atoms with Crippen molar-refractivity contribution < 1.29 is 31.5 Å². The average molecular weight is 531 g/mol. The van der Waals surface area contributed by atoms with Crippen LogP contribution in [0, 0.1) is 29.3 Å². The van der Waals surface area contributed by atoms with Gasteiger partial charge in [0.05, 0.1) is 20.8 Å². The number of aliphatic hydroxyl groups is 1. The molecule has 2 aliphatic carbocycles. The third kappa shape index (κ3) is 5.07. The maximum absolute atomic E-state index is 13.7. The molecule has 2 N–H and O–H groups in total. The highest BCUT2D eigenvalue weighted by Crippen LogP contribution is 2.51. The first kappa shape index (κ1) is 25.9.